The molecule has 0 unspecified atom stereocenters. The predicted molar refractivity (Wildman–Crippen MR) is 86.7 cm³/mol. The van der Waals surface area contributed by atoms with E-state index in [0.29, 0.717) is 16.0 Å². The number of carbonyl (C=O) groups is 1. The van der Waals surface area contributed by atoms with Gasteiger partial charge in [-0.1, -0.05) is 13.8 Å². The summed E-state index contributed by atoms with van der Waals surface area (Å²) in [4.78, 5) is 15.5. The van der Waals surface area contributed by atoms with Crippen LogP contribution in [0, 0.1) is 5.92 Å². The van der Waals surface area contributed by atoms with Gasteiger partial charge in [0.25, 0.3) is 0 Å². The second-order valence-electron chi connectivity index (χ2n) is 5.61. The van der Waals surface area contributed by atoms with Crippen LogP contribution < -0.4 is 4.90 Å². The summed E-state index contributed by atoms with van der Waals surface area (Å²) in [5.74, 6) is -0.359. The molecule has 4 nitrogen and oxygen atoms in total. The first-order valence-corrected chi connectivity index (χ1v) is 7.53. The highest BCUT2D eigenvalue weighted by Crippen LogP contribution is 2.25. The van der Waals surface area contributed by atoms with Crippen LogP contribution >= 0.6 is 15.9 Å². The van der Waals surface area contributed by atoms with Gasteiger partial charge in [0.2, 0.25) is 0 Å². The molecule has 0 spiro atoms. The second kappa shape index (κ2) is 7.64. The number of anilines is 1. The number of rotatable bonds is 7. The average molecular weight is 343 g/mol. The van der Waals surface area contributed by atoms with Crippen LogP contribution in [0.3, 0.4) is 0 Å². The smallest absolute Gasteiger partial charge is 0.336 e. The molecule has 5 heteroatoms. The Morgan fingerprint density at radius 2 is 1.95 bits per heavy atom. The van der Waals surface area contributed by atoms with E-state index in [2.05, 4.69) is 53.7 Å². The van der Waals surface area contributed by atoms with Crippen LogP contribution in [0.2, 0.25) is 0 Å². The summed E-state index contributed by atoms with van der Waals surface area (Å²) in [6.45, 7) is 7.20. The van der Waals surface area contributed by atoms with Crippen LogP contribution in [-0.4, -0.2) is 49.7 Å². The van der Waals surface area contributed by atoms with Crippen molar-refractivity contribution in [1.82, 2.24) is 4.90 Å². The summed E-state index contributed by atoms with van der Waals surface area (Å²) in [6.07, 6.45) is 0. The molecule has 1 aromatic carbocycles. The van der Waals surface area contributed by atoms with Gasteiger partial charge in [-0.05, 0) is 54.1 Å². The number of aromatic carboxylic acids is 1. The second-order valence-corrected chi connectivity index (χ2v) is 6.47. The molecule has 0 bridgehead atoms. The van der Waals surface area contributed by atoms with Gasteiger partial charge in [-0.25, -0.2) is 4.79 Å². The normalized spacial score (nSPS) is 11.2. The van der Waals surface area contributed by atoms with E-state index in [1.54, 1.807) is 6.07 Å². The molecule has 0 atom stereocenters. The molecule has 1 rings (SSSR count). The lowest BCUT2D eigenvalue weighted by atomic mass is 10.1. The third kappa shape index (κ3) is 5.13. The van der Waals surface area contributed by atoms with E-state index in [0.717, 1.165) is 25.3 Å². The van der Waals surface area contributed by atoms with Gasteiger partial charge in [0, 0.05) is 29.8 Å². The number of hydrogen-bond donors (Lipinski definition) is 1. The fraction of sp³-hybridized carbons (Fsp3) is 0.533. The molecule has 0 heterocycles. The van der Waals surface area contributed by atoms with Gasteiger partial charge in [-0.15, -0.1) is 0 Å². The van der Waals surface area contributed by atoms with Crippen LogP contribution in [0.25, 0.3) is 0 Å². The van der Waals surface area contributed by atoms with Crippen LogP contribution in [0.15, 0.2) is 22.7 Å². The van der Waals surface area contributed by atoms with Crippen LogP contribution in [0.1, 0.15) is 24.2 Å². The molecule has 0 saturated carbocycles. The minimum absolute atomic E-state index is 0.297. The number of carboxylic acid groups (broad SMARTS) is 1. The van der Waals surface area contributed by atoms with Crippen molar-refractivity contribution in [1.29, 1.82) is 0 Å². The van der Waals surface area contributed by atoms with Gasteiger partial charge in [0.15, 0.2) is 0 Å². The molecule has 0 fully saturated rings. The maximum atomic E-state index is 11.0. The van der Waals surface area contributed by atoms with Gasteiger partial charge in [0.1, 0.15) is 0 Å². The molecule has 0 aromatic heterocycles. The SMILES string of the molecule is CC(C)CN(CCN(C)C)c1ccc(C(=O)O)c(Br)c1. The highest BCUT2D eigenvalue weighted by Gasteiger charge is 2.13. The van der Waals surface area contributed by atoms with Gasteiger partial charge in [-0.3, -0.25) is 0 Å². The Bertz CT molecular complexity index is 461. The molecule has 1 N–H and O–H groups in total. The Morgan fingerprint density at radius 3 is 2.40 bits per heavy atom. The first kappa shape index (κ1) is 17.0. The zero-order valence-electron chi connectivity index (χ0n) is 12.6. The molecule has 20 heavy (non-hydrogen) atoms. The van der Waals surface area contributed by atoms with Gasteiger partial charge in [-0.2, -0.15) is 0 Å². The van der Waals surface area contributed by atoms with Crippen LogP contribution in [0.5, 0.6) is 0 Å². The van der Waals surface area contributed by atoms with Crippen molar-refractivity contribution in [2.75, 3.05) is 38.6 Å². The standard InChI is InChI=1S/C15H23BrN2O2/c1-11(2)10-18(8-7-17(3)4)12-5-6-13(15(19)20)14(16)9-12/h5-6,9,11H,7-8,10H2,1-4H3,(H,19,20). The third-order valence-corrected chi connectivity index (χ3v) is 3.61. The molecular weight excluding hydrogens is 320 g/mol. The quantitative estimate of drug-likeness (QED) is 0.826. The van der Waals surface area contributed by atoms with Crippen LogP contribution in [-0.2, 0) is 0 Å². The van der Waals surface area contributed by atoms with E-state index in [1.807, 2.05) is 12.1 Å². The van der Waals surface area contributed by atoms with Crippen molar-refractivity contribution in [2.24, 2.45) is 5.92 Å². The Labute approximate surface area is 129 Å². The number of benzene rings is 1. The number of nitrogens with zero attached hydrogens (tertiary/aromatic N) is 2. The number of hydrogen-bond acceptors (Lipinski definition) is 3. The van der Waals surface area contributed by atoms with Gasteiger partial charge in [0.05, 0.1) is 5.56 Å². The van der Waals surface area contributed by atoms with E-state index < -0.39 is 5.97 Å². The minimum atomic E-state index is -0.910. The first-order chi connectivity index (χ1) is 9.31. The summed E-state index contributed by atoms with van der Waals surface area (Å²) < 4.78 is 0.626. The van der Waals surface area contributed by atoms with E-state index in [-0.39, 0.29) is 0 Å². The number of carboxylic acids is 1. The summed E-state index contributed by atoms with van der Waals surface area (Å²) in [7, 11) is 4.11. The van der Waals surface area contributed by atoms with Crippen molar-refractivity contribution in [3.05, 3.63) is 28.2 Å². The average Bonchev–Trinajstić information content (AvgIpc) is 2.33. The highest BCUT2D eigenvalue weighted by molar-refractivity contribution is 9.10. The summed E-state index contributed by atoms with van der Waals surface area (Å²) in [6, 6.07) is 5.43. The van der Waals surface area contributed by atoms with Crippen molar-refractivity contribution in [3.63, 3.8) is 0 Å². The Balaban J connectivity index is 2.95. The summed E-state index contributed by atoms with van der Waals surface area (Å²) in [5, 5.41) is 9.07. The zero-order valence-corrected chi connectivity index (χ0v) is 14.1. The first-order valence-electron chi connectivity index (χ1n) is 6.73. The largest absolute Gasteiger partial charge is 0.478 e. The Morgan fingerprint density at radius 1 is 1.30 bits per heavy atom. The lowest BCUT2D eigenvalue weighted by molar-refractivity contribution is 0.0696. The zero-order chi connectivity index (χ0) is 15.3. The van der Waals surface area contributed by atoms with Crippen molar-refractivity contribution in [2.45, 2.75) is 13.8 Å². The number of halogens is 1. The van der Waals surface area contributed by atoms with Gasteiger partial charge >= 0.3 is 5.97 Å². The molecule has 112 valence electrons. The summed E-state index contributed by atoms with van der Waals surface area (Å²) >= 11 is 3.34. The fourth-order valence-electron chi connectivity index (χ4n) is 1.96. The monoisotopic (exact) mass is 342 g/mol. The summed E-state index contributed by atoms with van der Waals surface area (Å²) in [5.41, 5.74) is 1.35. The topological polar surface area (TPSA) is 43.8 Å². The maximum Gasteiger partial charge on any atom is 0.336 e. The van der Waals surface area contributed by atoms with E-state index in [1.165, 1.54) is 0 Å². The Hall–Kier alpha value is -1.07. The van der Waals surface area contributed by atoms with E-state index >= 15 is 0 Å². The van der Waals surface area contributed by atoms with Crippen molar-refractivity contribution >= 4 is 27.6 Å². The van der Waals surface area contributed by atoms with E-state index in [9.17, 15) is 4.79 Å². The van der Waals surface area contributed by atoms with Crippen molar-refractivity contribution < 1.29 is 9.90 Å². The third-order valence-electron chi connectivity index (χ3n) is 2.95. The molecule has 0 saturated heterocycles. The van der Waals surface area contributed by atoms with Crippen LogP contribution in [0.4, 0.5) is 5.69 Å². The van der Waals surface area contributed by atoms with Crippen molar-refractivity contribution in [3.8, 4) is 0 Å². The number of likely N-dealkylation sites (N-methyl/N-ethyl adjacent to an activating group) is 1. The molecule has 0 aliphatic carbocycles. The Kier molecular flexibility index (Phi) is 6.49. The molecule has 0 aliphatic rings. The molecule has 0 amide bonds. The van der Waals surface area contributed by atoms with Gasteiger partial charge < -0.3 is 14.9 Å². The molecular formula is C15H23BrN2O2. The molecule has 0 radical (unpaired) electrons. The highest BCUT2D eigenvalue weighted by atomic mass is 79.9. The lowest BCUT2D eigenvalue weighted by Gasteiger charge is -2.28. The predicted octanol–water partition coefficient (Wildman–Crippen LogP) is 3.17. The molecule has 1 aromatic rings. The minimum Gasteiger partial charge on any atom is -0.478 e. The maximum absolute atomic E-state index is 11.0. The van der Waals surface area contributed by atoms with E-state index in [4.69, 9.17) is 5.11 Å². The fourth-order valence-corrected chi connectivity index (χ4v) is 2.50. The lowest BCUT2D eigenvalue weighted by Crippen LogP contribution is -2.34. The molecule has 0 aliphatic heterocycles.